The molecule has 0 aromatic heterocycles. The minimum absolute atomic E-state index is 0.294. The Labute approximate surface area is 196 Å². The molecule has 1 N–H and O–H groups in total. The number of carbonyl (C=O) groups excluding carboxylic acids is 3. The van der Waals surface area contributed by atoms with Crippen LogP contribution in [0.1, 0.15) is 19.4 Å². The Morgan fingerprint density at radius 2 is 1.76 bits per heavy atom. The van der Waals surface area contributed by atoms with Crippen molar-refractivity contribution < 1.29 is 23.9 Å². The molecule has 1 saturated heterocycles. The number of amides is 3. The van der Waals surface area contributed by atoms with Crippen LogP contribution in [0.5, 0.6) is 11.5 Å². The van der Waals surface area contributed by atoms with Crippen LogP contribution >= 0.6 is 11.8 Å². The lowest BCUT2D eigenvalue weighted by atomic mass is 10.1. The molecule has 2 heterocycles. The standard InChI is InChI=1S/C24H25N3O5S/c1-3-26(4-2)18-8-5-16(6-9-18)13-21-23(29)27(24(30)33-21)15-22(28)25-17-7-10-19-20(14-17)32-12-11-31-19/h5-10,13-14H,3-4,11-12,15H2,1-2H3,(H,25,28)/b21-13+. The van der Waals surface area contributed by atoms with Crippen molar-refractivity contribution in [2.45, 2.75) is 13.8 Å². The van der Waals surface area contributed by atoms with Gasteiger partial charge < -0.3 is 19.7 Å². The van der Waals surface area contributed by atoms with Crippen molar-refractivity contribution in [3.8, 4) is 11.5 Å². The van der Waals surface area contributed by atoms with Gasteiger partial charge in [-0.25, -0.2) is 0 Å². The average Bonchev–Trinajstić information content (AvgIpc) is 3.08. The summed E-state index contributed by atoms with van der Waals surface area (Å²) in [4.78, 5) is 41.1. The van der Waals surface area contributed by atoms with Crippen molar-refractivity contribution in [2.75, 3.05) is 43.1 Å². The molecule has 3 amide bonds. The number of hydrogen-bond acceptors (Lipinski definition) is 7. The number of nitrogens with zero attached hydrogens (tertiary/aromatic N) is 2. The summed E-state index contributed by atoms with van der Waals surface area (Å²) in [6, 6.07) is 12.8. The average molecular weight is 468 g/mol. The van der Waals surface area contributed by atoms with Crippen LogP contribution in [0.25, 0.3) is 6.08 Å². The fourth-order valence-electron chi connectivity index (χ4n) is 3.62. The molecule has 2 aromatic carbocycles. The van der Waals surface area contributed by atoms with E-state index < -0.39 is 17.1 Å². The van der Waals surface area contributed by atoms with Crippen LogP contribution in [-0.2, 0) is 9.59 Å². The summed E-state index contributed by atoms with van der Waals surface area (Å²) in [7, 11) is 0. The van der Waals surface area contributed by atoms with Crippen molar-refractivity contribution in [1.82, 2.24) is 4.90 Å². The van der Waals surface area contributed by atoms with Crippen molar-refractivity contribution in [3.05, 3.63) is 52.9 Å². The smallest absolute Gasteiger partial charge is 0.294 e. The van der Waals surface area contributed by atoms with Crippen LogP contribution in [0, 0.1) is 0 Å². The van der Waals surface area contributed by atoms with Gasteiger partial charge in [-0.05, 0) is 61.5 Å². The van der Waals surface area contributed by atoms with E-state index in [0.717, 1.165) is 41.0 Å². The zero-order valence-electron chi connectivity index (χ0n) is 18.5. The lowest BCUT2D eigenvalue weighted by molar-refractivity contribution is -0.127. The highest BCUT2D eigenvalue weighted by Gasteiger charge is 2.36. The number of anilines is 2. The molecule has 9 heteroatoms. The number of thioether (sulfide) groups is 1. The van der Waals surface area contributed by atoms with E-state index in [1.165, 1.54) is 0 Å². The van der Waals surface area contributed by atoms with Gasteiger partial charge in [0, 0.05) is 30.5 Å². The normalized spacial score (nSPS) is 16.3. The van der Waals surface area contributed by atoms with Crippen molar-refractivity contribution in [2.24, 2.45) is 0 Å². The van der Waals surface area contributed by atoms with E-state index in [1.807, 2.05) is 24.3 Å². The minimum atomic E-state index is -0.477. The van der Waals surface area contributed by atoms with Gasteiger partial charge in [0.2, 0.25) is 5.91 Å². The molecule has 0 unspecified atom stereocenters. The number of imide groups is 1. The number of fused-ring (bicyclic) bond motifs is 1. The summed E-state index contributed by atoms with van der Waals surface area (Å²) in [5.74, 6) is 0.203. The van der Waals surface area contributed by atoms with Crippen LogP contribution in [0.3, 0.4) is 0 Å². The Balaban J connectivity index is 1.40. The van der Waals surface area contributed by atoms with Crippen molar-refractivity contribution in [3.63, 3.8) is 0 Å². The quantitative estimate of drug-likeness (QED) is 0.616. The maximum absolute atomic E-state index is 12.8. The molecule has 4 rings (SSSR count). The molecule has 8 nitrogen and oxygen atoms in total. The number of rotatable bonds is 7. The molecule has 0 bridgehead atoms. The first-order valence-corrected chi connectivity index (χ1v) is 11.6. The molecule has 2 aliphatic rings. The zero-order chi connectivity index (χ0) is 23.4. The predicted molar refractivity (Wildman–Crippen MR) is 129 cm³/mol. The van der Waals surface area contributed by atoms with Gasteiger partial charge in [-0.15, -0.1) is 0 Å². The Morgan fingerprint density at radius 1 is 1.06 bits per heavy atom. The van der Waals surface area contributed by atoms with E-state index >= 15 is 0 Å². The topological polar surface area (TPSA) is 88.2 Å². The van der Waals surface area contributed by atoms with E-state index in [9.17, 15) is 14.4 Å². The third-order valence-corrected chi connectivity index (χ3v) is 6.23. The van der Waals surface area contributed by atoms with Crippen LogP contribution in [-0.4, -0.2) is 54.8 Å². The molecule has 1 fully saturated rings. The Morgan fingerprint density at radius 3 is 2.45 bits per heavy atom. The minimum Gasteiger partial charge on any atom is -0.486 e. The highest BCUT2D eigenvalue weighted by atomic mass is 32.2. The molecular formula is C24H25N3O5S. The van der Waals surface area contributed by atoms with Gasteiger partial charge in [0.05, 0.1) is 4.91 Å². The van der Waals surface area contributed by atoms with Crippen molar-refractivity contribution >= 4 is 46.3 Å². The summed E-state index contributed by atoms with van der Waals surface area (Å²) >= 11 is 0.835. The number of hydrogen-bond donors (Lipinski definition) is 1. The summed E-state index contributed by atoms with van der Waals surface area (Å²) in [6.07, 6.45) is 1.68. The predicted octanol–water partition coefficient (Wildman–Crippen LogP) is 3.98. The van der Waals surface area contributed by atoms with Gasteiger partial charge in [0.1, 0.15) is 19.8 Å². The first kappa shape index (κ1) is 22.7. The number of nitrogens with one attached hydrogen (secondary N) is 1. The van der Waals surface area contributed by atoms with E-state index in [2.05, 4.69) is 24.1 Å². The number of carbonyl (C=O) groups is 3. The zero-order valence-corrected chi connectivity index (χ0v) is 19.3. The highest BCUT2D eigenvalue weighted by molar-refractivity contribution is 8.18. The second-order valence-corrected chi connectivity index (χ2v) is 8.43. The molecule has 33 heavy (non-hydrogen) atoms. The van der Waals surface area contributed by atoms with Gasteiger partial charge in [0.25, 0.3) is 11.1 Å². The maximum Gasteiger partial charge on any atom is 0.294 e. The summed E-state index contributed by atoms with van der Waals surface area (Å²) < 4.78 is 11.0. The second-order valence-electron chi connectivity index (χ2n) is 7.44. The Bertz CT molecular complexity index is 1100. The first-order chi connectivity index (χ1) is 16.0. The van der Waals surface area contributed by atoms with E-state index in [4.69, 9.17) is 9.47 Å². The molecule has 2 aromatic rings. The highest BCUT2D eigenvalue weighted by Crippen LogP contribution is 2.34. The number of benzene rings is 2. The molecule has 0 atom stereocenters. The molecule has 0 aliphatic carbocycles. The fraction of sp³-hybridized carbons (Fsp3) is 0.292. The van der Waals surface area contributed by atoms with Gasteiger partial charge in [-0.1, -0.05) is 12.1 Å². The largest absolute Gasteiger partial charge is 0.486 e. The van der Waals surface area contributed by atoms with Crippen molar-refractivity contribution in [1.29, 1.82) is 0 Å². The van der Waals surface area contributed by atoms with Crippen LogP contribution in [0.4, 0.5) is 16.2 Å². The molecule has 0 saturated carbocycles. The Kier molecular flexibility index (Phi) is 6.88. The van der Waals surface area contributed by atoms with Gasteiger partial charge in [-0.2, -0.15) is 0 Å². The van der Waals surface area contributed by atoms with Gasteiger partial charge >= 0.3 is 0 Å². The van der Waals surface area contributed by atoms with Gasteiger partial charge in [-0.3, -0.25) is 19.3 Å². The van der Waals surface area contributed by atoms with Crippen LogP contribution in [0.2, 0.25) is 0 Å². The second kappa shape index (κ2) is 9.99. The third-order valence-electron chi connectivity index (χ3n) is 5.32. The van der Waals surface area contributed by atoms with E-state index in [1.54, 1.807) is 24.3 Å². The van der Waals surface area contributed by atoms with Gasteiger partial charge in [0.15, 0.2) is 11.5 Å². The summed E-state index contributed by atoms with van der Waals surface area (Å²) in [5, 5.41) is 2.23. The SMILES string of the molecule is CCN(CC)c1ccc(/C=C2/SC(=O)N(CC(=O)Nc3ccc4c(c3)OCCO4)C2=O)cc1. The lowest BCUT2D eigenvalue weighted by Crippen LogP contribution is -2.36. The monoisotopic (exact) mass is 467 g/mol. The third kappa shape index (κ3) is 5.14. The van der Waals surface area contributed by atoms with Crippen LogP contribution < -0.4 is 19.7 Å². The van der Waals surface area contributed by atoms with E-state index in [0.29, 0.717) is 35.3 Å². The summed E-state index contributed by atoms with van der Waals surface area (Å²) in [6.45, 7) is 6.55. The Hall–Kier alpha value is -3.46. The maximum atomic E-state index is 12.8. The molecule has 2 aliphatic heterocycles. The fourth-order valence-corrected chi connectivity index (χ4v) is 4.46. The molecule has 0 spiro atoms. The van der Waals surface area contributed by atoms with Crippen LogP contribution in [0.15, 0.2) is 47.4 Å². The molecular weight excluding hydrogens is 442 g/mol. The first-order valence-electron chi connectivity index (χ1n) is 10.8. The summed E-state index contributed by atoms with van der Waals surface area (Å²) in [5.41, 5.74) is 2.42. The number of ether oxygens (including phenoxy) is 2. The molecule has 0 radical (unpaired) electrons. The lowest BCUT2D eigenvalue weighted by Gasteiger charge is -2.20. The molecule has 172 valence electrons. The van der Waals surface area contributed by atoms with E-state index in [-0.39, 0.29) is 6.54 Å².